The molecule has 0 aromatic carbocycles. The van der Waals surface area contributed by atoms with Gasteiger partial charge in [-0.15, -0.1) is 0 Å². The van der Waals surface area contributed by atoms with Crippen molar-refractivity contribution in [3.05, 3.63) is 12.7 Å². The minimum absolute atomic E-state index is 0.123. The topological polar surface area (TPSA) is 80.0 Å². The van der Waals surface area contributed by atoms with Crippen LogP contribution in [0.25, 0.3) is 0 Å². The predicted octanol–water partition coefficient (Wildman–Crippen LogP) is 0.191. The van der Waals surface area contributed by atoms with Gasteiger partial charge in [0.2, 0.25) is 5.91 Å². The lowest BCUT2D eigenvalue weighted by Crippen LogP contribution is -2.42. The van der Waals surface area contributed by atoms with Crippen LogP contribution in [0, 0.1) is 5.92 Å². The molecule has 2 N–H and O–H groups in total. The van der Waals surface area contributed by atoms with Gasteiger partial charge in [0.05, 0.1) is 5.60 Å². The third kappa shape index (κ3) is 5.44. The molecule has 1 aromatic rings. The number of hydrogen-bond donors (Lipinski definition) is 2. The number of amides is 1. The molecule has 0 fully saturated rings. The van der Waals surface area contributed by atoms with Gasteiger partial charge in [-0.1, -0.05) is 13.8 Å². The molecule has 1 heterocycles. The van der Waals surface area contributed by atoms with E-state index in [9.17, 15) is 9.90 Å². The highest BCUT2D eigenvalue weighted by molar-refractivity contribution is 5.75. The van der Waals surface area contributed by atoms with Crippen LogP contribution in [-0.2, 0) is 11.3 Å². The number of nitrogens with zero attached hydrogens (tertiary/aromatic N) is 3. The fourth-order valence-corrected chi connectivity index (χ4v) is 1.76. The third-order valence-electron chi connectivity index (χ3n) is 2.29. The molecule has 6 nitrogen and oxygen atoms in total. The normalized spacial score (nSPS) is 14.6. The Balaban J connectivity index is 2.32. The van der Waals surface area contributed by atoms with E-state index in [-0.39, 0.29) is 19.0 Å². The van der Waals surface area contributed by atoms with Crippen LogP contribution in [0.1, 0.15) is 27.2 Å². The second-order valence-electron chi connectivity index (χ2n) is 4.96. The molecular formula is C11H20N4O2. The maximum Gasteiger partial charge on any atom is 0.241 e. The minimum atomic E-state index is -0.869. The van der Waals surface area contributed by atoms with Crippen LogP contribution < -0.4 is 5.32 Å². The maximum atomic E-state index is 11.5. The molecule has 0 aliphatic rings. The second kappa shape index (κ2) is 5.77. The van der Waals surface area contributed by atoms with E-state index in [1.807, 2.05) is 13.8 Å². The van der Waals surface area contributed by atoms with E-state index in [4.69, 9.17) is 0 Å². The van der Waals surface area contributed by atoms with Crippen molar-refractivity contribution >= 4 is 5.91 Å². The van der Waals surface area contributed by atoms with Crippen LogP contribution in [0.4, 0.5) is 0 Å². The van der Waals surface area contributed by atoms with Crippen molar-refractivity contribution in [2.75, 3.05) is 6.54 Å². The number of carbonyl (C=O) groups is 1. The lowest BCUT2D eigenvalue weighted by atomic mass is 9.94. The molecule has 0 saturated carbocycles. The summed E-state index contributed by atoms with van der Waals surface area (Å²) < 4.78 is 1.44. The molecule has 1 atom stereocenters. The highest BCUT2D eigenvalue weighted by Crippen LogP contribution is 2.14. The van der Waals surface area contributed by atoms with E-state index < -0.39 is 5.60 Å². The summed E-state index contributed by atoms with van der Waals surface area (Å²) in [4.78, 5) is 15.3. The monoisotopic (exact) mass is 240 g/mol. The van der Waals surface area contributed by atoms with Gasteiger partial charge >= 0.3 is 0 Å². The number of rotatable bonds is 6. The first kappa shape index (κ1) is 13.6. The number of nitrogens with one attached hydrogen (secondary N) is 1. The zero-order valence-corrected chi connectivity index (χ0v) is 10.6. The Kier molecular flexibility index (Phi) is 4.62. The van der Waals surface area contributed by atoms with E-state index >= 15 is 0 Å². The average Bonchev–Trinajstić information content (AvgIpc) is 2.65. The number of aromatic nitrogens is 3. The third-order valence-corrected chi connectivity index (χ3v) is 2.29. The lowest BCUT2D eigenvalue weighted by Gasteiger charge is -2.25. The van der Waals surface area contributed by atoms with Crippen molar-refractivity contribution in [3.63, 3.8) is 0 Å². The Morgan fingerprint density at radius 3 is 2.82 bits per heavy atom. The summed E-state index contributed by atoms with van der Waals surface area (Å²) >= 11 is 0. The second-order valence-corrected chi connectivity index (χ2v) is 4.96. The molecule has 0 bridgehead atoms. The summed E-state index contributed by atoms with van der Waals surface area (Å²) in [7, 11) is 0. The molecule has 1 aromatic heterocycles. The standard InChI is InChI=1S/C11H20N4O2/c1-9(2)4-11(3,17)6-13-10(16)5-15-8-12-7-14-15/h7-9,17H,4-6H2,1-3H3,(H,13,16). The zero-order valence-electron chi connectivity index (χ0n) is 10.6. The predicted molar refractivity (Wildman–Crippen MR) is 63.1 cm³/mol. The van der Waals surface area contributed by atoms with Gasteiger partial charge in [0.15, 0.2) is 0 Å². The van der Waals surface area contributed by atoms with Gasteiger partial charge in [0.1, 0.15) is 19.2 Å². The Bertz CT molecular complexity index is 346. The molecule has 0 aliphatic carbocycles. The Morgan fingerprint density at radius 1 is 1.59 bits per heavy atom. The summed E-state index contributed by atoms with van der Waals surface area (Å²) in [5.41, 5.74) is -0.869. The van der Waals surface area contributed by atoms with Crippen LogP contribution in [0.3, 0.4) is 0 Å². The quantitative estimate of drug-likeness (QED) is 0.744. The SMILES string of the molecule is CC(C)CC(C)(O)CNC(=O)Cn1cncn1. The molecule has 96 valence electrons. The average molecular weight is 240 g/mol. The van der Waals surface area contributed by atoms with Crippen molar-refractivity contribution < 1.29 is 9.90 Å². The lowest BCUT2D eigenvalue weighted by molar-refractivity contribution is -0.123. The molecule has 0 aliphatic heterocycles. The smallest absolute Gasteiger partial charge is 0.241 e. The Labute approximate surface area is 101 Å². The van der Waals surface area contributed by atoms with E-state index in [0.717, 1.165) is 0 Å². The molecule has 6 heteroatoms. The number of hydrogen-bond acceptors (Lipinski definition) is 4. The molecule has 0 spiro atoms. The fraction of sp³-hybridized carbons (Fsp3) is 0.727. The Morgan fingerprint density at radius 2 is 2.29 bits per heavy atom. The van der Waals surface area contributed by atoms with Crippen molar-refractivity contribution in [2.45, 2.75) is 39.3 Å². The van der Waals surface area contributed by atoms with E-state index in [0.29, 0.717) is 12.3 Å². The van der Waals surface area contributed by atoms with Gasteiger partial charge in [0, 0.05) is 6.54 Å². The molecule has 0 radical (unpaired) electrons. The van der Waals surface area contributed by atoms with Gasteiger partial charge in [-0.2, -0.15) is 5.10 Å². The van der Waals surface area contributed by atoms with Gasteiger partial charge in [-0.3, -0.25) is 4.79 Å². The van der Waals surface area contributed by atoms with Crippen molar-refractivity contribution in [3.8, 4) is 0 Å². The fourth-order valence-electron chi connectivity index (χ4n) is 1.76. The van der Waals surface area contributed by atoms with Gasteiger partial charge < -0.3 is 10.4 Å². The van der Waals surface area contributed by atoms with Crippen LogP contribution in [-0.4, -0.2) is 37.9 Å². The summed E-state index contributed by atoms with van der Waals surface area (Å²) in [6.07, 6.45) is 3.50. The van der Waals surface area contributed by atoms with Crippen LogP contribution >= 0.6 is 0 Å². The molecule has 1 unspecified atom stereocenters. The van der Waals surface area contributed by atoms with Crippen molar-refractivity contribution in [1.29, 1.82) is 0 Å². The molecule has 0 saturated heterocycles. The number of carbonyl (C=O) groups excluding carboxylic acids is 1. The van der Waals surface area contributed by atoms with Crippen molar-refractivity contribution in [1.82, 2.24) is 20.1 Å². The first-order chi connectivity index (χ1) is 7.89. The van der Waals surface area contributed by atoms with Crippen LogP contribution in [0.15, 0.2) is 12.7 Å². The first-order valence-corrected chi connectivity index (χ1v) is 5.70. The van der Waals surface area contributed by atoms with E-state index in [1.165, 1.54) is 17.3 Å². The minimum Gasteiger partial charge on any atom is -0.388 e. The van der Waals surface area contributed by atoms with Crippen LogP contribution in [0.2, 0.25) is 0 Å². The van der Waals surface area contributed by atoms with Gasteiger partial charge in [-0.05, 0) is 19.3 Å². The number of aliphatic hydroxyl groups is 1. The largest absolute Gasteiger partial charge is 0.388 e. The summed E-state index contributed by atoms with van der Waals surface area (Å²) in [6.45, 7) is 6.16. The molecule has 17 heavy (non-hydrogen) atoms. The molecular weight excluding hydrogens is 220 g/mol. The van der Waals surface area contributed by atoms with E-state index in [1.54, 1.807) is 6.92 Å². The van der Waals surface area contributed by atoms with Gasteiger partial charge in [0.25, 0.3) is 0 Å². The highest BCUT2D eigenvalue weighted by Gasteiger charge is 2.22. The Hall–Kier alpha value is -1.43. The van der Waals surface area contributed by atoms with Gasteiger partial charge in [-0.25, -0.2) is 9.67 Å². The molecule has 1 rings (SSSR count). The first-order valence-electron chi connectivity index (χ1n) is 5.70. The summed E-state index contributed by atoms with van der Waals surface area (Å²) in [5, 5.41) is 16.5. The van der Waals surface area contributed by atoms with Crippen molar-refractivity contribution in [2.24, 2.45) is 5.92 Å². The highest BCUT2D eigenvalue weighted by atomic mass is 16.3. The van der Waals surface area contributed by atoms with E-state index in [2.05, 4.69) is 15.4 Å². The molecule has 1 amide bonds. The maximum absolute atomic E-state index is 11.5. The summed E-state index contributed by atoms with van der Waals surface area (Å²) in [5.74, 6) is 0.205. The zero-order chi connectivity index (χ0) is 12.9. The van der Waals surface area contributed by atoms with Crippen LogP contribution in [0.5, 0.6) is 0 Å². The summed E-state index contributed by atoms with van der Waals surface area (Å²) in [6, 6.07) is 0.